The van der Waals surface area contributed by atoms with Gasteiger partial charge in [0.1, 0.15) is 17.2 Å². The van der Waals surface area contributed by atoms with Crippen LogP contribution in [0.1, 0.15) is 12.5 Å². The summed E-state index contributed by atoms with van der Waals surface area (Å²) in [5.41, 5.74) is 9.18. The fourth-order valence-electron chi connectivity index (χ4n) is 4.36. The summed E-state index contributed by atoms with van der Waals surface area (Å²) < 4.78 is 14.4. The van der Waals surface area contributed by atoms with E-state index in [1.807, 2.05) is 6.07 Å². The molecule has 0 atom stereocenters. The zero-order valence-electron chi connectivity index (χ0n) is 17.4. The molecule has 3 heterocycles. The first-order valence-corrected chi connectivity index (χ1v) is 10.6. The summed E-state index contributed by atoms with van der Waals surface area (Å²) in [6.45, 7) is 8.44. The zero-order chi connectivity index (χ0) is 21.5. The van der Waals surface area contributed by atoms with Crippen molar-refractivity contribution in [2.75, 3.05) is 38.5 Å². The maximum Gasteiger partial charge on any atom is 0.261 e. The van der Waals surface area contributed by atoms with E-state index < -0.39 is 11.4 Å². The molecule has 0 radical (unpaired) electrons. The summed E-state index contributed by atoms with van der Waals surface area (Å²) in [7, 11) is 0. The van der Waals surface area contributed by atoms with Gasteiger partial charge in [-0.2, -0.15) is 0 Å². The maximum absolute atomic E-state index is 14.4. The average molecular weight is 420 g/mol. The molecular weight excluding hydrogens is 395 g/mol. The van der Waals surface area contributed by atoms with Crippen LogP contribution in [-0.2, 0) is 6.54 Å². The molecule has 0 saturated carbocycles. The lowest BCUT2D eigenvalue weighted by Crippen LogP contribution is -2.45. The second-order valence-electron chi connectivity index (χ2n) is 8.05. The normalized spacial score (nSPS) is 15.8. The smallest absolute Gasteiger partial charge is 0.261 e. The number of nitrogens with zero attached hydrogens (tertiary/aromatic N) is 3. The van der Waals surface area contributed by atoms with Crippen molar-refractivity contribution in [2.45, 2.75) is 13.5 Å². The molecule has 7 nitrogen and oxygen atoms in total. The van der Waals surface area contributed by atoms with Crippen LogP contribution in [0.2, 0.25) is 0 Å². The molecular formula is C23H25FN6O. The van der Waals surface area contributed by atoms with E-state index in [1.54, 1.807) is 6.07 Å². The molecule has 160 valence electrons. The van der Waals surface area contributed by atoms with E-state index in [1.165, 1.54) is 17.7 Å². The van der Waals surface area contributed by atoms with E-state index in [9.17, 15) is 9.18 Å². The topological polar surface area (TPSA) is 94.0 Å². The van der Waals surface area contributed by atoms with Gasteiger partial charge in [-0.1, -0.05) is 19.1 Å². The van der Waals surface area contributed by atoms with Crippen molar-refractivity contribution >= 4 is 27.6 Å². The van der Waals surface area contributed by atoms with Gasteiger partial charge in [-0.05, 0) is 36.4 Å². The van der Waals surface area contributed by atoms with Crippen LogP contribution in [0.5, 0.6) is 0 Å². The number of aromatic nitrogens is 3. The third-order valence-corrected chi connectivity index (χ3v) is 6.13. The van der Waals surface area contributed by atoms with E-state index in [0.717, 1.165) is 50.3 Å². The highest BCUT2D eigenvalue weighted by Crippen LogP contribution is 2.30. The molecule has 1 saturated heterocycles. The third kappa shape index (κ3) is 3.58. The number of nitrogens with one attached hydrogen (secondary N) is 2. The van der Waals surface area contributed by atoms with Gasteiger partial charge in [0.25, 0.3) is 5.56 Å². The lowest BCUT2D eigenvalue weighted by molar-refractivity contribution is 0.132. The molecule has 0 aliphatic carbocycles. The number of hydrogen-bond acceptors (Lipinski definition) is 5. The van der Waals surface area contributed by atoms with Crippen LogP contribution in [0.4, 0.5) is 10.1 Å². The number of fused-ring (bicyclic) bond motifs is 2. The van der Waals surface area contributed by atoms with Crippen molar-refractivity contribution in [2.24, 2.45) is 0 Å². The predicted molar refractivity (Wildman–Crippen MR) is 121 cm³/mol. The molecule has 8 heteroatoms. The molecule has 1 aliphatic rings. The van der Waals surface area contributed by atoms with Gasteiger partial charge in [-0.25, -0.2) is 9.37 Å². The minimum absolute atomic E-state index is 0.0879. The monoisotopic (exact) mass is 420 g/mol. The fraction of sp³-hybridized carbons (Fsp3) is 0.304. The molecule has 0 unspecified atom stereocenters. The summed E-state index contributed by atoms with van der Waals surface area (Å²) in [6.07, 6.45) is 0. The Labute approximate surface area is 178 Å². The van der Waals surface area contributed by atoms with Gasteiger partial charge >= 0.3 is 0 Å². The van der Waals surface area contributed by atoms with E-state index in [4.69, 9.17) is 5.73 Å². The second-order valence-corrected chi connectivity index (χ2v) is 8.05. The van der Waals surface area contributed by atoms with Crippen molar-refractivity contribution in [1.29, 1.82) is 0 Å². The molecule has 0 amide bonds. The molecule has 0 spiro atoms. The van der Waals surface area contributed by atoms with Crippen LogP contribution in [-0.4, -0.2) is 57.5 Å². The van der Waals surface area contributed by atoms with Crippen molar-refractivity contribution in [3.8, 4) is 11.4 Å². The van der Waals surface area contributed by atoms with Crippen LogP contribution in [0, 0.1) is 5.82 Å². The second kappa shape index (κ2) is 7.79. The van der Waals surface area contributed by atoms with Crippen LogP contribution in [0.3, 0.4) is 0 Å². The number of aromatic amines is 2. The summed E-state index contributed by atoms with van der Waals surface area (Å²) >= 11 is 0. The SMILES string of the molecule is CCN1CCN(Cc2ccc3nc(-c4c(N)c5c(F)cccc5[nH]c4=O)[nH]c3c2)CC1. The number of imidazole rings is 1. The minimum atomic E-state index is -0.478. The number of nitrogen functional groups attached to an aromatic ring is 1. The van der Waals surface area contributed by atoms with Crippen molar-refractivity contribution in [3.05, 3.63) is 58.1 Å². The quantitative estimate of drug-likeness (QED) is 0.472. The molecule has 1 fully saturated rings. The number of pyridine rings is 1. The van der Waals surface area contributed by atoms with Crippen molar-refractivity contribution < 1.29 is 4.39 Å². The van der Waals surface area contributed by atoms with E-state index in [-0.39, 0.29) is 16.6 Å². The van der Waals surface area contributed by atoms with Crippen LogP contribution < -0.4 is 11.3 Å². The largest absolute Gasteiger partial charge is 0.397 e. The molecule has 2 aromatic heterocycles. The van der Waals surface area contributed by atoms with Crippen LogP contribution >= 0.6 is 0 Å². The Morgan fingerprint density at radius 2 is 1.84 bits per heavy atom. The molecule has 4 N–H and O–H groups in total. The van der Waals surface area contributed by atoms with E-state index >= 15 is 0 Å². The predicted octanol–water partition coefficient (Wildman–Crippen LogP) is 2.93. The summed E-state index contributed by atoms with van der Waals surface area (Å²) in [6, 6.07) is 10.6. The third-order valence-electron chi connectivity index (χ3n) is 6.13. The highest BCUT2D eigenvalue weighted by atomic mass is 19.1. The maximum atomic E-state index is 14.4. The van der Waals surface area contributed by atoms with Gasteiger partial charge in [-0.3, -0.25) is 9.69 Å². The van der Waals surface area contributed by atoms with Crippen molar-refractivity contribution in [3.63, 3.8) is 0 Å². The number of benzene rings is 2. The van der Waals surface area contributed by atoms with E-state index in [2.05, 4.69) is 43.8 Å². The lowest BCUT2D eigenvalue weighted by Gasteiger charge is -2.34. The molecule has 5 rings (SSSR count). The highest BCUT2D eigenvalue weighted by Gasteiger charge is 2.19. The first-order valence-electron chi connectivity index (χ1n) is 10.6. The standard InChI is InChI=1S/C23H25FN6O/c1-2-29-8-10-30(11-9-29)13-14-6-7-16-18(12-14)27-22(26-16)20-21(25)19-15(24)4-3-5-17(19)28-23(20)31/h3-7,12H,2,8-11,13H2,1H3,(H,26,27)(H3,25,28,31). The number of piperazine rings is 1. The lowest BCUT2D eigenvalue weighted by atomic mass is 10.1. The molecule has 31 heavy (non-hydrogen) atoms. The Bertz CT molecular complexity index is 1320. The summed E-state index contributed by atoms with van der Waals surface area (Å²) in [5, 5.41) is 0.199. The molecule has 1 aliphatic heterocycles. The van der Waals surface area contributed by atoms with Gasteiger partial charge in [0.15, 0.2) is 0 Å². The number of likely N-dealkylation sites (N-methyl/N-ethyl adjacent to an activating group) is 1. The molecule has 0 bridgehead atoms. The van der Waals surface area contributed by atoms with Gasteiger partial charge in [0.2, 0.25) is 0 Å². The number of halogens is 1. The Balaban J connectivity index is 1.48. The Morgan fingerprint density at radius 1 is 1.06 bits per heavy atom. The number of anilines is 1. The van der Waals surface area contributed by atoms with Crippen LogP contribution in [0.15, 0.2) is 41.2 Å². The number of nitrogens with two attached hydrogens (primary N) is 1. The van der Waals surface area contributed by atoms with Gasteiger partial charge in [0.05, 0.1) is 27.6 Å². The number of rotatable bonds is 4. The van der Waals surface area contributed by atoms with Gasteiger partial charge < -0.3 is 20.6 Å². The Morgan fingerprint density at radius 3 is 2.61 bits per heavy atom. The number of H-pyrrole nitrogens is 2. The van der Waals surface area contributed by atoms with Gasteiger partial charge in [0, 0.05) is 32.7 Å². The molecule has 4 aromatic rings. The first-order chi connectivity index (χ1) is 15.0. The van der Waals surface area contributed by atoms with Crippen molar-refractivity contribution in [1.82, 2.24) is 24.8 Å². The zero-order valence-corrected chi connectivity index (χ0v) is 17.4. The molecule has 2 aromatic carbocycles. The minimum Gasteiger partial charge on any atom is -0.397 e. The van der Waals surface area contributed by atoms with E-state index in [0.29, 0.717) is 11.3 Å². The summed E-state index contributed by atoms with van der Waals surface area (Å²) in [5.74, 6) is -0.137. The number of hydrogen-bond donors (Lipinski definition) is 3. The fourth-order valence-corrected chi connectivity index (χ4v) is 4.36. The summed E-state index contributed by atoms with van der Waals surface area (Å²) in [4.78, 5) is 28.1. The van der Waals surface area contributed by atoms with Crippen LogP contribution in [0.25, 0.3) is 33.3 Å². The first kappa shape index (κ1) is 19.7. The average Bonchev–Trinajstić information content (AvgIpc) is 3.17. The highest BCUT2D eigenvalue weighted by molar-refractivity contribution is 5.98. The van der Waals surface area contributed by atoms with Gasteiger partial charge in [-0.15, -0.1) is 0 Å². The Hall–Kier alpha value is -3.23. The Kier molecular flexibility index (Phi) is 4.95.